The normalized spacial score (nSPS) is 12.5. The van der Waals surface area contributed by atoms with Crippen LogP contribution in [-0.4, -0.2) is 11.0 Å². The molecule has 0 fully saturated rings. The molecule has 1 rings (SSSR count). The predicted molar refractivity (Wildman–Crippen MR) is 50.4 cm³/mol. The molecule has 0 aromatic heterocycles. The zero-order valence-electron chi connectivity index (χ0n) is 8.04. The number of nitrogens with two attached hydrogens (primary N) is 1. The first-order valence-corrected chi connectivity index (χ1v) is 4.29. The lowest BCUT2D eigenvalue weighted by Gasteiger charge is -2.06. The number of rotatable bonds is 3. The third kappa shape index (κ3) is 2.69. The molecule has 4 nitrogen and oxygen atoms in total. The molecule has 0 amide bonds. The van der Waals surface area contributed by atoms with Gasteiger partial charge < -0.3 is 5.73 Å². The minimum Gasteiger partial charge on any atom is -0.328 e. The van der Waals surface area contributed by atoms with Crippen LogP contribution in [0.15, 0.2) is 12.1 Å². The number of benzene rings is 1. The maximum Gasteiger partial charge on any atom is 0.307 e. The van der Waals surface area contributed by atoms with E-state index in [4.69, 9.17) is 5.73 Å². The quantitative estimate of drug-likeness (QED) is 0.618. The Hall–Kier alpha value is -1.56. The smallest absolute Gasteiger partial charge is 0.307 e. The third-order valence-corrected chi connectivity index (χ3v) is 1.85. The standard InChI is InChI=1S/C9H10F2N2O2/c1-5(12)2-6-3-8(11)9(13(14)15)4-7(6)10/h3-5H,2,12H2,1H3. The number of hydrogen-bond acceptors (Lipinski definition) is 3. The summed E-state index contributed by atoms with van der Waals surface area (Å²) in [4.78, 5) is 9.32. The lowest BCUT2D eigenvalue weighted by Crippen LogP contribution is -2.18. The Morgan fingerprint density at radius 2 is 2.07 bits per heavy atom. The van der Waals surface area contributed by atoms with Crippen molar-refractivity contribution in [3.05, 3.63) is 39.4 Å². The van der Waals surface area contributed by atoms with Gasteiger partial charge in [-0.3, -0.25) is 10.1 Å². The molecule has 6 heteroatoms. The number of halogens is 2. The van der Waals surface area contributed by atoms with Gasteiger partial charge in [0.05, 0.1) is 11.0 Å². The first-order chi connectivity index (χ1) is 6.91. The molecule has 0 aliphatic heterocycles. The third-order valence-electron chi connectivity index (χ3n) is 1.85. The van der Waals surface area contributed by atoms with Crippen molar-refractivity contribution >= 4 is 5.69 Å². The van der Waals surface area contributed by atoms with Crippen molar-refractivity contribution in [3.63, 3.8) is 0 Å². The Labute approximate surface area is 84.9 Å². The Kier molecular flexibility index (Phi) is 3.31. The number of nitro groups is 1. The monoisotopic (exact) mass is 216 g/mol. The van der Waals surface area contributed by atoms with Gasteiger partial charge in [0.15, 0.2) is 0 Å². The van der Waals surface area contributed by atoms with Crippen molar-refractivity contribution in [1.82, 2.24) is 0 Å². The van der Waals surface area contributed by atoms with Gasteiger partial charge in [0.1, 0.15) is 5.82 Å². The van der Waals surface area contributed by atoms with Crippen LogP contribution in [0.3, 0.4) is 0 Å². The topological polar surface area (TPSA) is 69.2 Å². The van der Waals surface area contributed by atoms with E-state index < -0.39 is 22.2 Å². The van der Waals surface area contributed by atoms with E-state index >= 15 is 0 Å². The zero-order chi connectivity index (χ0) is 11.6. The highest BCUT2D eigenvalue weighted by atomic mass is 19.1. The summed E-state index contributed by atoms with van der Waals surface area (Å²) >= 11 is 0. The fourth-order valence-electron chi connectivity index (χ4n) is 1.22. The van der Waals surface area contributed by atoms with Gasteiger partial charge in [-0.15, -0.1) is 0 Å². The fraction of sp³-hybridized carbons (Fsp3) is 0.333. The Balaban J connectivity index is 3.13. The molecule has 0 saturated heterocycles. The van der Waals surface area contributed by atoms with Gasteiger partial charge in [-0.25, -0.2) is 4.39 Å². The molecular formula is C9H10F2N2O2. The highest BCUT2D eigenvalue weighted by molar-refractivity contribution is 5.36. The van der Waals surface area contributed by atoms with E-state index in [2.05, 4.69) is 0 Å². The summed E-state index contributed by atoms with van der Waals surface area (Å²) in [6.07, 6.45) is 0.140. The van der Waals surface area contributed by atoms with Gasteiger partial charge in [-0.1, -0.05) is 0 Å². The maximum atomic E-state index is 13.2. The number of hydrogen-bond donors (Lipinski definition) is 1. The van der Waals surface area contributed by atoms with E-state index in [0.717, 1.165) is 6.07 Å². The average molecular weight is 216 g/mol. The molecule has 1 unspecified atom stereocenters. The molecule has 1 aromatic carbocycles. The van der Waals surface area contributed by atoms with Crippen LogP contribution in [0.5, 0.6) is 0 Å². The molecule has 1 atom stereocenters. The SMILES string of the molecule is CC(N)Cc1cc(F)c([N+](=O)[O-])cc1F. The van der Waals surface area contributed by atoms with Crippen molar-refractivity contribution < 1.29 is 13.7 Å². The van der Waals surface area contributed by atoms with Crippen molar-refractivity contribution in [2.24, 2.45) is 5.73 Å². The fourth-order valence-corrected chi connectivity index (χ4v) is 1.22. The second-order valence-corrected chi connectivity index (χ2v) is 3.33. The molecule has 0 aliphatic rings. The molecular weight excluding hydrogens is 206 g/mol. The second kappa shape index (κ2) is 4.31. The van der Waals surface area contributed by atoms with E-state index in [1.165, 1.54) is 0 Å². The van der Waals surface area contributed by atoms with Gasteiger partial charge in [-0.2, -0.15) is 4.39 Å². The summed E-state index contributed by atoms with van der Waals surface area (Å²) in [7, 11) is 0. The average Bonchev–Trinajstić information content (AvgIpc) is 2.09. The largest absolute Gasteiger partial charge is 0.328 e. The van der Waals surface area contributed by atoms with Crippen LogP contribution in [0.1, 0.15) is 12.5 Å². The van der Waals surface area contributed by atoms with Crippen molar-refractivity contribution in [2.45, 2.75) is 19.4 Å². The first-order valence-electron chi connectivity index (χ1n) is 4.29. The van der Waals surface area contributed by atoms with Gasteiger partial charge in [0.2, 0.25) is 5.82 Å². The first kappa shape index (κ1) is 11.5. The van der Waals surface area contributed by atoms with Gasteiger partial charge >= 0.3 is 5.69 Å². The second-order valence-electron chi connectivity index (χ2n) is 3.33. The minimum atomic E-state index is -1.04. The van der Waals surface area contributed by atoms with E-state index in [9.17, 15) is 18.9 Å². The summed E-state index contributed by atoms with van der Waals surface area (Å²) in [5, 5.41) is 10.3. The van der Waals surface area contributed by atoms with Crippen LogP contribution in [0.4, 0.5) is 14.5 Å². The van der Waals surface area contributed by atoms with Crippen LogP contribution >= 0.6 is 0 Å². The van der Waals surface area contributed by atoms with E-state index in [0.29, 0.717) is 6.07 Å². The Morgan fingerprint density at radius 3 is 2.53 bits per heavy atom. The van der Waals surface area contributed by atoms with Crippen molar-refractivity contribution in [3.8, 4) is 0 Å². The lowest BCUT2D eigenvalue weighted by atomic mass is 10.1. The molecule has 0 spiro atoms. The molecule has 0 bridgehead atoms. The molecule has 0 aliphatic carbocycles. The maximum absolute atomic E-state index is 13.2. The summed E-state index contributed by atoms with van der Waals surface area (Å²) in [6, 6.07) is 1.06. The van der Waals surface area contributed by atoms with Crippen LogP contribution in [0.2, 0.25) is 0 Å². The van der Waals surface area contributed by atoms with Gasteiger partial charge in [-0.05, 0) is 25.0 Å². The Bertz CT molecular complexity index is 394. The summed E-state index contributed by atoms with van der Waals surface area (Å²) in [6.45, 7) is 1.64. The summed E-state index contributed by atoms with van der Waals surface area (Å²) in [5.41, 5.74) is 4.61. The van der Waals surface area contributed by atoms with Crippen molar-refractivity contribution in [2.75, 3.05) is 0 Å². The molecule has 2 N–H and O–H groups in total. The molecule has 0 heterocycles. The van der Waals surface area contributed by atoms with Crippen LogP contribution in [0.25, 0.3) is 0 Å². The number of nitro benzene ring substituents is 1. The Morgan fingerprint density at radius 1 is 1.47 bits per heavy atom. The number of nitrogens with zero attached hydrogens (tertiary/aromatic N) is 1. The van der Waals surface area contributed by atoms with Crippen LogP contribution in [-0.2, 0) is 6.42 Å². The predicted octanol–water partition coefficient (Wildman–Crippen LogP) is 1.76. The molecule has 82 valence electrons. The van der Waals surface area contributed by atoms with Gasteiger partial charge in [0, 0.05) is 6.04 Å². The molecule has 0 radical (unpaired) electrons. The molecule has 0 saturated carbocycles. The van der Waals surface area contributed by atoms with E-state index in [1.54, 1.807) is 6.92 Å². The lowest BCUT2D eigenvalue weighted by molar-refractivity contribution is -0.387. The zero-order valence-corrected chi connectivity index (χ0v) is 8.04. The molecule has 15 heavy (non-hydrogen) atoms. The van der Waals surface area contributed by atoms with Crippen LogP contribution in [0, 0.1) is 21.7 Å². The van der Waals surface area contributed by atoms with Crippen molar-refractivity contribution in [1.29, 1.82) is 0 Å². The summed E-state index contributed by atoms with van der Waals surface area (Å²) in [5.74, 6) is -1.85. The highest BCUT2D eigenvalue weighted by Crippen LogP contribution is 2.21. The highest BCUT2D eigenvalue weighted by Gasteiger charge is 2.18. The summed E-state index contributed by atoms with van der Waals surface area (Å²) < 4.78 is 26.3. The minimum absolute atomic E-state index is 0.0492. The van der Waals surface area contributed by atoms with Crippen LogP contribution < -0.4 is 5.73 Å². The van der Waals surface area contributed by atoms with Gasteiger partial charge in [0.25, 0.3) is 0 Å². The van der Waals surface area contributed by atoms with E-state index in [1.807, 2.05) is 0 Å². The molecule has 1 aromatic rings. The van der Waals surface area contributed by atoms with E-state index in [-0.39, 0.29) is 18.0 Å².